The third-order valence-corrected chi connectivity index (χ3v) is 1.51. The number of aliphatic imine (C=N–C) groups is 1. The van der Waals surface area contributed by atoms with Crippen LogP contribution in [0.1, 0.15) is 13.3 Å². The molecule has 0 saturated carbocycles. The Balaban J connectivity index is 2.88. The molecule has 2 nitrogen and oxygen atoms in total. The third kappa shape index (κ3) is 1.10. The molecule has 0 radical (unpaired) electrons. The zero-order valence-electron chi connectivity index (χ0n) is 6.18. The van der Waals surface area contributed by atoms with Crippen LogP contribution in [0, 0.1) is 0 Å². The Hall–Kier alpha value is -1.05. The Morgan fingerprint density at radius 2 is 2.40 bits per heavy atom. The second-order valence-electron chi connectivity index (χ2n) is 2.32. The number of nitrogens with zero attached hydrogens (tertiary/aromatic N) is 1. The molecule has 1 rings (SSSR count). The number of hydrogen-bond donors (Lipinski definition) is 0. The summed E-state index contributed by atoms with van der Waals surface area (Å²) in [6, 6.07) is 0. The zero-order chi connectivity index (χ0) is 7.56. The average Bonchev–Trinajstić information content (AvgIpc) is 2.33. The Kier molecular flexibility index (Phi) is 1.90. The van der Waals surface area contributed by atoms with Crippen molar-refractivity contribution in [1.82, 2.24) is 0 Å². The first-order chi connectivity index (χ1) is 4.75. The maximum Gasteiger partial charge on any atom is 0.216 e. The van der Waals surface area contributed by atoms with E-state index >= 15 is 0 Å². The summed E-state index contributed by atoms with van der Waals surface area (Å²) in [5, 5.41) is 0. The van der Waals surface area contributed by atoms with Gasteiger partial charge < -0.3 is 4.74 Å². The highest BCUT2D eigenvalue weighted by Crippen LogP contribution is 2.24. The second kappa shape index (κ2) is 2.69. The first kappa shape index (κ1) is 7.06. The van der Waals surface area contributed by atoms with E-state index in [4.69, 9.17) is 4.74 Å². The lowest BCUT2D eigenvalue weighted by molar-refractivity contribution is 0.243. The first-order valence-electron chi connectivity index (χ1n) is 3.24. The van der Waals surface area contributed by atoms with Gasteiger partial charge in [-0.15, -0.1) is 0 Å². The molecule has 1 aliphatic heterocycles. The van der Waals surface area contributed by atoms with E-state index in [-0.39, 0.29) is 0 Å². The van der Waals surface area contributed by atoms with Crippen molar-refractivity contribution >= 4 is 6.72 Å². The molecule has 10 heavy (non-hydrogen) atoms. The van der Waals surface area contributed by atoms with Crippen LogP contribution in [0.25, 0.3) is 0 Å². The third-order valence-electron chi connectivity index (χ3n) is 1.51. The highest BCUT2D eigenvalue weighted by Gasteiger charge is 2.14. The van der Waals surface area contributed by atoms with Crippen LogP contribution < -0.4 is 0 Å². The second-order valence-corrected chi connectivity index (χ2v) is 2.32. The molecule has 0 aliphatic carbocycles. The van der Waals surface area contributed by atoms with Gasteiger partial charge in [0.25, 0.3) is 0 Å². The van der Waals surface area contributed by atoms with Gasteiger partial charge in [-0.2, -0.15) is 0 Å². The molecule has 0 spiro atoms. The van der Waals surface area contributed by atoms with Crippen molar-refractivity contribution < 1.29 is 4.74 Å². The van der Waals surface area contributed by atoms with Crippen molar-refractivity contribution in [2.24, 2.45) is 4.99 Å². The minimum Gasteiger partial charge on any atom is -0.477 e. The molecule has 0 fully saturated rings. The minimum atomic E-state index is 0.660. The lowest BCUT2D eigenvalue weighted by Gasteiger charge is -1.97. The van der Waals surface area contributed by atoms with Crippen LogP contribution in [-0.2, 0) is 4.74 Å². The van der Waals surface area contributed by atoms with E-state index in [1.807, 2.05) is 6.92 Å². The van der Waals surface area contributed by atoms with Crippen molar-refractivity contribution in [2.75, 3.05) is 6.61 Å². The molecular formula is C8H11NO. The van der Waals surface area contributed by atoms with E-state index in [0.29, 0.717) is 5.88 Å². The fourth-order valence-electron chi connectivity index (χ4n) is 0.981. The molecule has 54 valence electrons. The van der Waals surface area contributed by atoms with Gasteiger partial charge in [-0.1, -0.05) is 6.58 Å². The van der Waals surface area contributed by atoms with E-state index in [1.165, 1.54) is 0 Å². The predicted molar refractivity (Wildman–Crippen MR) is 42.0 cm³/mol. The smallest absolute Gasteiger partial charge is 0.216 e. The SMILES string of the molecule is C=NC1=C(C(=C)C)CCO1. The highest BCUT2D eigenvalue weighted by atomic mass is 16.5. The number of hydrogen-bond acceptors (Lipinski definition) is 2. The average molecular weight is 137 g/mol. The first-order valence-corrected chi connectivity index (χ1v) is 3.24. The van der Waals surface area contributed by atoms with Crippen molar-refractivity contribution in [2.45, 2.75) is 13.3 Å². The molecular weight excluding hydrogens is 126 g/mol. The van der Waals surface area contributed by atoms with E-state index in [2.05, 4.69) is 18.3 Å². The van der Waals surface area contributed by atoms with E-state index in [0.717, 1.165) is 24.2 Å². The summed E-state index contributed by atoms with van der Waals surface area (Å²) >= 11 is 0. The van der Waals surface area contributed by atoms with Crippen LogP contribution in [0.3, 0.4) is 0 Å². The lowest BCUT2D eigenvalue weighted by Crippen LogP contribution is -1.81. The molecule has 0 unspecified atom stereocenters. The van der Waals surface area contributed by atoms with Crippen LogP contribution in [0.2, 0.25) is 0 Å². The van der Waals surface area contributed by atoms with Gasteiger partial charge in [-0.25, -0.2) is 4.99 Å². The summed E-state index contributed by atoms with van der Waals surface area (Å²) in [5.41, 5.74) is 2.13. The zero-order valence-corrected chi connectivity index (χ0v) is 6.18. The molecule has 0 aromatic heterocycles. The summed E-state index contributed by atoms with van der Waals surface area (Å²) in [4.78, 5) is 3.74. The van der Waals surface area contributed by atoms with Gasteiger partial charge in [0, 0.05) is 12.0 Å². The number of ether oxygens (including phenoxy) is 1. The van der Waals surface area contributed by atoms with Gasteiger partial charge in [0.05, 0.1) is 6.61 Å². The summed E-state index contributed by atoms with van der Waals surface area (Å²) in [7, 11) is 0. The van der Waals surface area contributed by atoms with Crippen LogP contribution in [0.4, 0.5) is 0 Å². The lowest BCUT2D eigenvalue weighted by atomic mass is 10.1. The van der Waals surface area contributed by atoms with Crippen LogP contribution in [0.5, 0.6) is 0 Å². The van der Waals surface area contributed by atoms with Gasteiger partial charge in [-0.3, -0.25) is 0 Å². The maximum absolute atomic E-state index is 5.17. The monoisotopic (exact) mass is 137 g/mol. The van der Waals surface area contributed by atoms with Crippen LogP contribution in [-0.4, -0.2) is 13.3 Å². The number of allylic oxidation sites excluding steroid dienone is 1. The normalized spacial score (nSPS) is 16.9. The van der Waals surface area contributed by atoms with E-state index in [9.17, 15) is 0 Å². The van der Waals surface area contributed by atoms with Crippen molar-refractivity contribution in [3.63, 3.8) is 0 Å². The number of rotatable bonds is 2. The standard InChI is InChI=1S/C8H11NO/c1-6(2)7-4-5-10-8(7)9-3/h1,3-5H2,2H3. The highest BCUT2D eigenvalue weighted by molar-refractivity contribution is 5.36. The summed E-state index contributed by atoms with van der Waals surface area (Å²) in [5.74, 6) is 0.660. The Morgan fingerprint density at radius 3 is 2.80 bits per heavy atom. The molecule has 1 aliphatic rings. The molecule has 0 aromatic rings. The van der Waals surface area contributed by atoms with Crippen molar-refractivity contribution in [3.05, 3.63) is 23.6 Å². The van der Waals surface area contributed by atoms with Crippen molar-refractivity contribution in [3.8, 4) is 0 Å². The molecule has 0 atom stereocenters. The van der Waals surface area contributed by atoms with Crippen LogP contribution in [0.15, 0.2) is 28.6 Å². The molecule has 1 heterocycles. The molecule has 0 N–H and O–H groups in total. The van der Waals surface area contributed by atoms with Gasteiger partial charge >= 0.3 is 0 Å². The van der Waals surface area contributed by atoms with Crippen LogP contribution >= 0.6 is 0 Å². The Morgan fingerprint density at radius 1 is 1.70 bits per heavy atom. The summed E-state index contributed by atoms with van der Waals surface area (Å²) in [6.07, 6.45) is 0.920. The largest absolute Gasteiger partial charge is 0.477 e. The Labute approximate surface area is 60.9 Å². The maximum atomic E-state index is 5.17. The quantitative estimate of drug-likeness (QED) is 0.532. The molecule has 0 amide bonds. The fraction of sp³-hybridized carbons (Fsp3) is 0.375. The summed E-state index contributed by atoms with van der Waals surface area (Å²) in [6.45, 7) is 9.88. The molecule has 0 bridgehead atoms. The molecule has 0 aromatic carbocycles. The minimum absolute atomic E-state index is 0.660. The molecule has 2 heteroatoms. The molecule has 0 saturated heterocycles. The van der Waals surface area contributed by atoms with Gasteiger partial charge in [-0.05, 0) is 19.2 Å². The van der Waals surface area contributed by atoms with E-state index < -0.39 is 0 Å². The summed E-state index contributed by atoms with van der Waals surface area (Å²) < 4.78 is 5.17. The van der Waals surface area contributed by atoms with Gasteiger partial charge in [0.1, 0.15) is 0 Å². The Bertz CT molecular complexity index is 203. The van der Waals surface area contributed by atoms with Gasteiger partial charge in [0.15, 0.2) is 0 Å². The fourth-order valence-corrected chi connectivity index (χ4v) is 0.981. The topological polar surface area (TPSA) is 21.6 Å². The van der Waals surface area contributed by atoms with Crippen molar-refractivity contribution in [1.29, 1.82) is 0 Å². The van der Waals surface area contributed by atoms with E-state index in [1.54, 1.807) is 0 Å². The van der Waals surface area contributed by atoms with Gasteiger partial charge in [0.2, 0.25) is 5.88 Å². The predicted octanol–water partition coefficient (Wildman–Crippen LogP) is 1.89.